The first-order valence-corrected chi connectivity index (χ1v) is 7.18. The molecular formula is C15H22Cl2N2O. The Labute approximate surface area is 131 Å². The lowest BCUT2D eigenvalue weighted by atomic mass is 9.81. The zero-order valence-electron chi connectivity index (χ0n) is 11.8. The molecule has 0 bridgehead atoms. The van der Waals surface area contributed by atoms with Gasteiger partial charge in [-0.15, -0.1) is 12.4 Å². The van der Waals surface area contributed by atoms with E-state index in [1.807, 2.05) is 24.3 Å². The molecule has 1 fully saturated rings. The second-order valence-electron chi connectivity index (χ2n) is 5.47. The summed E-state index contributed by atoms with van der Waals surface area (Å²) >= 11 is 6.12. The van der Waals surface area contributed by atoms with Crippen molar-refractivity contribution in [2.24, 2.45) is 5.73 Å². The fourth-order valence-electron chi connectivity index (χ4n) is 2.73. The van der Waals surface area contributed by atoms with Crippen LogP contribution in [0.1, 0.15) is 37.7 Å². The number of nitrogens with zero attached hydrogens (tertiary/aromatic N) is 1. The topological polar surface area (TPSA) is 46.3 Å². The Morgan fingerprint density at radius 2 is 1.90 bits per heavy atom. The highest BCUT2D eigenvalue weighted by Gasteiger charge is 2.37. The summed E-state index contributed by atoms with van der Waals surface area (Å²) in [6.07, 6.45) is 4.85. The summed E-state index contributed by atoms with van der Waals surface area (Å²) in [4.78, 5) is 14.2. The number of carbonyl (C=O) groups excluding carboxylic acids is 1. The zero-order chi connectivity index (χ0) is 13.9. The second kappa shape index (κ2) is 7.30. The molecule has 112 valence electrons. The maximum absolute atomic E-state index is 12.5. The number of carbonyl (C=O) groups is 1. The van der Waals surface area contributed by atoms with E-state index in [2.05, 4.69) is 0 Å². The number of amides is 1. The first kappa shape index (κ1) is 17.3. The average molecular weight is 317 g/mol. The van der Waals surface area contributed by atoms with Crippen LogP contribution < -0.4 is 5.73 Å². The molecule has 0 aliphatic heterocycles. The van der Waals surface area contributed by atoms with E-state index >= 15 is 0 Å². The minimum absolute atomic E-state index is 0. The second-order valence-corrected chi connectivity index (χ2v) is 5.88. The summed E-state index contributed by atoms with van der Waals surface area (Å²) in [7, 11) is 1.80. The summed E-state index contributed by atoms with van der Waals surface area (Å²) in [6.45, 7) is 0.511. The lowest BCUT2D eigenvalue weighted by Gasteiger charge is -2.35. The van der Waals surface area contributed by atoms with Crippen LogP contribution in [-0.4, -0.2) is 23.4 Å². The van der Waals surface area contributed by atoms with Gasteiger partial charge < -0.3 is 10.6 Å². The van der Waals surface area contributed by atoms with Crippen molar-refractivity contribution in [3.05, 3.63) is 34.9 Å². The van der Waals surface area contributed by atoms with Crippen LogP contribution in [0.3, 0.4) is 0 Å². The van der Waals surface area contributed by atoms with Gasteiger partial charge in [0.05, 0.1) is 5.54 Å². The molecule has 0 heterocycles. The molecule has 0 unspecified atom stereocenters. The maximum atomic E-state index is 12.5. The first-order chi connectivity index (χ1) is 9.03. The fourth-order valence-corrected chi connectivity index (χ4v) is 2.93. The Balaban J connectivity index is 0.00000200. The fraction of sp³-hybridized carbons (Fsp3) is 0.533. The van der Waals surface area contributed by atoms with E-state index in [0.717, 1.165) is 31.2 Å². The van der Waals surface area contributed by atoms with Crippen LogP contribution in [0.2, 0.25) is 5.02 Å². The van der Waals surface area contributed by atoms with E-state index in [1.165, 1.54) is 6.42 Å². The molecule has 0 spiro atoms. The number of halogens is 2. The quantitative estimate of drug-likeness (QED) is 0.929. The molecule has 20 heavy (non-hydrogen) atoms. The Morgan fingerprint density at radius 3 is 2.50 bits per heavy atom. The summed E-state index contributed by atoms with van der Waals surface area (Å²) in [5.74, 6) is 0.0344. The minimum Gasteiger partial charge on any atom is -0.340 e. The third-order valence-corrected chi connectivity index (χ3v) is 4.25. The number of hydrogen-bond donors (Lipinski definition) is 1. The number of benzene rings is 1. The van der Waals surface area contributed by atoms with Gasteiger partial charge in [-0.25, -0.2) is 0 Å². The van der Waals surface area contributed by atoms with Crippen molar-refractivity contribution in [1.82, 2.24) is 4.90 Å². The molecule has 0 radical (unpaired) electrons. The molecule has 1 amide bonds. The molecule has 1 aromatic carbocycles. The molecule has 0 aromatic heterocycles. The number of nitrogens with two attached hydrogens (primary N) is 1. The summed E-state index contributed by atoms with van der Waals surface area (Å²) in [5, 5.41) is 0.692. The van der Waals surface area contributed by atoms with Gasteiger partial charge in [-0.2, -0.15) is 0 Å². The van der Waals surface area contributed by atoms with Gasteiger partial charge >= 0.3 is 0 Å². The van der Waals surface area contributed by atoms with Crippen molar-refractivity contribution in [2.45, 2.75) is 44.2 Å². The summed E-state index contributed by atoms with van der Waals surface area (Å²) < 4.78 is 0. The molecule has 1 saturated carbocycles. The van der Waals surface area contributed by atoms with Gasteiger partial charge in [0.25, 0.3) is 0 Å². The lowest BCUT2D eigenvalue weighted by molar-refractivity contribution is -0.137. The molecule has 2 N–H and O–H groups in total. The third kappa shape index (κ3) is 3.87. The largest absolute Gasteiger partial charge is 0.340 e. The number of rotatable bonds is 3. The molecule has 0 saturated heterocycles. The van der Waals surface area contributed by atoms with Gasteiger partial charge in [0.15, 0.2) is 0 Å². The van der Waals surface area contributed by atoms with Crippen molar-refractivity contribution in [3.8, 4) is 0 Å². The van der Waals surface area contributed by atoms with Crippen LogP contribution in [-0.2, 0) is 11.3 Å². The zero-order valence-corrected chi connectivity index (χ0v) is 13.3. The van der Waals surface area contributed by atoms with Gasteiger partial charge in [-0.3, -0.25) is 4.79 Å². The highest BCUT2D eigenvalue weighted by molar-refractivity contribution is 6.31. The molecule has 1 aliphatic rings. The van der Waals surface area contributed by atoms with E-state index < -0.39 is 5.54 Å². The SMILES string of the molecule is CN(Cc1ccccc1Cl)C(=O)C1(N)CCCCC1.Cl. The monoisotopic (exact) mass is 316 g/mol. The Bertz CT molecular complexity index is 459. The Kier molecular flexibility index (Phi) is 6.31. The predicted molar refractivity (Wildman–Crippen MR) is 85.2 cm³/mol. The van der Waals surface area contributed by atoms with Crippen LogP contribution in [0.15, 0.2) is 24.3 Å². The Morgan fingerprint density at radius 1 is 1.30 bits per heavy atom. The van der Waals surface area contributed by atoms with Crippen LogP contribution in [0.25, 0.3) is 0 Å². The minimum atomic E-state index is -0.672. The molecule has 1 aliphatic carbocycles. The molecule has 0 atom stereocenters. The molecule has 5 heteroatoms. The van der Waals surface area contributed by atoms with Crippen LogP contribution in [0, 0.1) is 0 Å². The van der Waals surface area contributed by atoms with Gasteiger partial charge in [0.2, 0.25) is 5.91 Å². The van der Waals surface area contributed by atoms with E-state index in [1.54, 1.807) is 11.9 Å². The number of hydrogen-bond acceptors (Lipinski definition) is 2. The van der Waals surface area contributed by atoms with Crippen LogP contribution >= 0.6 is 24.0 Å². The summed E-state index contributed by atoms with van der Waals surface area (Å²) in [5.41, 5.74) is 6.56. The molecular weight excluding hydrogens is 295 g/mol. The van der Waals surface area contributed by atoms with E-state index in [-0.39, 0.29) is 18.3 Å². The van der Waals surface area contributed by atoms with E-state index in [4.69, 9.17) is 17.3 Å². The smallest absolute Gasteiger partial charge is 0.242 e. The number of likely N-dealkylation sites (N-methyl/N-ethyl adjacent to an activating group) is 1. The van der Waals surface area contributed by atoms with Gasteiger partial charge in [-0.05, 0) is 24.5 Å². The van der Waals surface area contributed by atoms with E-state index in [9.17, 15) is 4.79 Å². The average Bonchev–Trinajstić information content (AvgIpc) is 2.41. The van der Waals surface area contributed by atoms with E-state index in [0.29, 0.717) is 11.6 Å². The molecule has 3 nitrogen and oxygen atoms in total. The van der Waals surface area contributed by atoms with Gasteiger partial charge in [0.1, 0.15) is 0 Å². The molecule has 2 rings (SSSR count). The lowest BCUT2D eigenvalue weighted by Crippen LogP contribution is -2.55. The third-order valence-electron chi connectivity index (χ3n) is 3.88. The van der Waals surface area contributed by atoms with Crippen molar-refractivity contribution in [3.63, 3.8) is 0 Å². The standard InChI is InChI=1S/C15H21ClN2O.ClH/c1-18(11-12-7-3-4-8-13(12)16)14(19)15(17)9-5-2-6-10-15;/h3-4,7-8H,2,5-6,9-11,17H2,1H3;1H. The highest BCUT2D eigenvalue weighted by atomic mass is 35.5. The molecule has 1 aromatic rings. The van der Waals surface area contributed by atoms with Crippen molar-refractivity contribution < 1.29 is 4.79 Å². The first-order valence-electron chi connectivity index (χ1n) is 6.81. The van der Waals surface area contributed by atoms with Crippen LogP contribution in [0.4, 0.5) is 0 Å². The maximum Gasteiger partial charge on any atom is 0.242 e. The van der Waals surface area contributed by atoms with Crippen molar-refractivity contribution in [1.29, 1.82) is 0 Å². The van der Waals surface area contributed by atoms with Crippen molar-refractivity contribution in [2.75, 3.05) is 7.05 Å². The van der Waals surface area contributed by atoms with Gasteiger partial charge in [0, 0.05) is 18.6 Å². The highest BCUT2D eigenvalue weighted by Crippen LogP contribution is 2.28. The normalized spacial score (nSPS) is 17.1. The van der Waals surface area contributed by atoms with Crippen molar-refractivity contribution >= 4 is 29.9 Å². The Hall–Kier alpha value is -0.770. The predicted octanol–water partition coefficient (Wildman–Crippen LogP) is 3.38. The van der Waals surface area contributed by atoms with Gasteiger partial charge in [-0.1, -0.05) is 49.1 Å². The van der Waals surface area contributed by atoms with Crippen LogP contribution in [0.5, 0.6) is 0 Å². The summed E-state index contributed by atoms with van der Waals surface area (Å²) in [6, 6.07) is 7.60.